The van der Waals surface area contributed by atoms with Crippen LogP contribution in [0.4, 0.5) is 5.69 Å². The minimum atomic E-state index is -0.765. The fraction of sp³-hybridized carbons (Fsp3) is 0.152. The van der Waals surface area contributed by atoms with Crippen LogP contribution in [0.3, 0.4) is 0 Å². The molecule has 0 aliphatic rings. The van der Waals surface area contributed by atoms with Gasteiger partial charge in [0.15, 0.2) is 5.96 Å². The molecule has 44 heavy (non-hydrogen) atoms. The first-order valence-corrected chi connectivity index (χ1v) is 14.0. The molecule has 0 spiro atoms. The van der Waals surface area contributed by atoms with Gasteiger partial charge in [-0.05, 0) is 67.4 Å². The number of fused-ring (bicyclic) bond motifs is 1. The van der Waals surface area contributed by atoms with Crippen LogP contribution >= 0.6 is 0 Å². The van der Waals surface area contributed by atoms with E-state index < -0.39 is 11.9 Å². The highest BCUT2D eigenvalue weighted by atomic mass is 16.5. The number of methoxy groups -OCH3 is 1. The van der Waals surface area contributed by atoms with Crippen LogP contribution < -0.4 is 31.6 Å². The molecule has 224 valence electrons. The van der Waals surface area contributed by atoms with Crippen LogP contribution in [0, 0.1) is 5.41 Å². The Labute approximate surface area is 254 Å². The first-order chi connectivity index (χ1) is 21.3. The highest BCUT2D eigenvalue weighted by molar-refractivity contribution is 6.06. The van der Waals surface area contributed by atoms with Crippen LogP contribution in [-0.4, -0.2) is 41.0 Å². The largest absolute Gasteiger partial charge is 0.497 e. The molecule has 0 unspecified atom stereocenters. The average Bonchev–Trinajstić information content (AvgIpc) is 3.40. The molecule has 4 aromatic carbocycles. The maximum absolute atomic E-state index is 13.2. The zero-order chi connectivity index (χ0) is 31.1. The van der Waals surface area contributed by atoms with Crippen molar-refractivity contribution < 1.29 is 19.1 Å². The topological polar surface area (TPSA) is 170 Å². The molecule has 1 atom stereocenters. The van der Waals surface area contributed by atoms with Crippen molar-refractivity contribution >= 4 is 34.5 Å². The summed E-state index contributed by atoms with van der Waals surface area (Å²) in [5.74, 6) is 1.37. The third kappa shape index (κ3) is 6.96. The lowest BCUT2D eigenvalue weighted by Crippen LogP contribution is -2.32. The predicted octanol–water partition coefficient (Wildman–Crippen LogP) is 5.05. The lowest BCUT2D eigenvalue weighted by molar-refractivity contribution is -0.121. The third-order valence-corrected chi connectivity index (χ3v) is 6.96. The summed E-state index contributed by atoms with van der Waals surface area (Å²) in [7, 11) is 1.56. The van der Waals surface area contributed by atoms with Crippen LogP contribution in [-0.2, 0) is 4.79 Å². The standard InChI is InChI=1S/C33H33N7O4/c1-43-25-12-6-9-23(20-25)38-32(42)22-15-16-28-27(19-22)39-31(40(28)29(30(34)41)14-7-17-37-33(35)36)21-8-5-13-26(18-21)44-24-10-3-2-4-11-24/h2-6,8-13,15-16,18-20,29H,7,14,17H2,1H3,(H2,34,41)(H,38,42)(H4,35,36,37)/t29-/m0/s1. The number of carbonyl (C=O) groups excluding carboxylic acids is 2. The average molecular weight is 592 g/mol. The number of nitrogens with two attached hydrogens (primary N) is 2. The molecule has 5 aromatic rings. The monoisotopic (exact) mass is 591 g/mol. The highest BCUT2D eigenvalue weighted by Crippen LogP contribution is 2.33. The molecule has 11 heteroatoms. The number of nitrogens with zero attached hydrogens (tertiary/aromatic N) is 2. The Morgan fingerprint density at radius 3 is 2.41 bits per heavy atom. The Balaban J connectivity index is 1.54. The third-order valence-electron chi connectivity index (χ3n) is 6.96. The molecule has 2 amide bonds. The van der Waals surface area contributed by atoms with Crippen molar-refractivity contribution in [2.24, 2.45) is 11.5 Å². The smallest absolute Gasteiger partial charge is 0.255 e. The lowest BCUT2D eigenvalue weighted by Gasteiger charge is -2.20. The molecule has 1 aromatic heterocycles. The summed E-state index contributed by atoms with van der Waals surface area (Å²) in [5.41, 5.74) is 14.2. The maximum Gasteiger partial charge on any atom is 0.255 e. The summed E-state index contributed by atoms with van der Waals surface area (Å²) in [6.07, 6.45) is 0.886. The highest BCUT2D eigenvalue weighted by Gasteiger charge is 2.25. The van der Waals surface area contributed by atoms with Gasteiger partial charge in [0, 0.05) is 29.4 Å². The molecular formula is C33H33N7O4. The number of ether oxygens (including phenoxy) is 2. The fourth-order valence-electron chi connectivity index (χ4n) is 4.90. The van der Waals surface area contributed by atoms with Gasteiger partial charge < -0.3 is 36.1 Å². The van der Waals surface area contributed by atoms with E-state index in [9.17, 15) is 9.59 Å². The fourth-order valence-corrected chi connectivity index (χ4v) is 4.90. The summed E-state index contributed by atoms with van der Waals surface area (Å²) < 4.78 is 13.1. The number of nitrogens with one attached hydrogen (secondary N) is 3. The summed E-state index contributed by atoms with van der Waals surface area (Å²) >= 11 is 0. The second-order valence-corrected chi connectivity index (χ2v) is 10.0. The first-order valence-electron chi connectivity index (χ1n) is 14.0. The van der Waals surface area contributed by atoms with Gasteiger partial charge in [0.25, 0.3) is 5.91 Å². The lowest BCUT2D eigenvalue weighted by atomic mass is 10.1. The van der Waals surface area contributed by atoms with Crippen molar-refractivity contribution in [3.63, 3.8) is 0 Å². The number of para-hydroxylation sites is 1. The predicted molar refractivity (Wildman–Crippen MR) is 170 cm³/mol. The normalized spacial score (nSPS) is 11.5. The molecule has 0 fully saturated rings. The minimum Gasteiger partial charge on any atom is -0.497 e. The number of anilines is 1. The molecule has 0 saturated heterocycles. The number of imidazole rings is 1. The first kappa shape index (κ1) is 29.6. The van der Waals surface area contributed by atoms with Crippen molar-refractivity contribution in [3.8, 4) is 28.6 Å². The van der Waals surface area contributed by atoms with Gasteiger partial charge in [-0.2, -0.15) is 0 Å². The number of hydrogen-bond donors (Lipinski definition) is 5. The van der Waals surface area contributed by atoms with Crippen LogP contribution in [0.2, 0.25) is 0 Å². The van der Waals surface area contributed by atoms with Crippen molar-refractivity contribution in [1.82, 2.24) is 14.9 Å². The number of carbonyl (C=O) groups is 2. The van der Waals surface area contributed by atoms with E-state index in [0.717, 1.165) is 0 Å². The Morgan fingerprint density at radius 1 is 0.909 bits per heavy atom. The molecule has 7 N–H and O–H groups in total. The molecule has 0 aliphatic heterocycles. The summed E-state index contributed by atoms with van der Waals surface area (Å²) in [5, 5.41) is 13.1. The SMILES string of the molecule is COc1cccc(NC(=O)c2ccc3c(c2)nc(-c2cccc(Oc4ccccc4)c2)n3[C@@H](CCCNC(=N)N)C(N)=O)c1. The quantitative estimate of drug-likeness (QED) is 0.0768. The van der Waals surface area contributed by atoms with E-state index in [-0.39, 0.29) is 11.9 Å². The van der Waals surface area contributed by atoms with Crippen molar-refractivity contribution in [3.05, 3.63) is 103 Å². The minimum absolute atomic E-state index is 0.149. The molecule has 5 rings (SSSR count). The summed E-state index contributed by atoms with van der Waals surface area (Å²) in [6.45, 7) is 0.399. The van der Waals surface area contributed by atoms with E-state index in [2.05, 4.69) is 10.6 Å². The number of primary amides is 1. The zero-order valence-corrected chi connectivity index (χ0v) is 24.1. The zero-order valence-electron chi connectivity index (χ0n) is 24.1. The van der Waals surface area contributed by atoms with Gasteiger partial charge in [-0.15, -0.1) is 0 Å². The Bertz CT molecular complexity index is 1800. The molecule has 11 nitrogen and oxygen atoms in total. The number of hydrogen-bond acceptors (Lipinski definition) is 6. The van der Waals surface area contributed by atoms with Crippen molar-refractivity contribution in [2.75, 3.05) is 19.0 Å². The molecule has 0 saturated carbocycles. The van der Waals surface area contributed by atoms with Gasteiger partial charge >= 0.3 is 0 Å². The number of rotatable bonds is 12. The van der Waals surface area contributed by atoms with Gasteiger partial charge in [-0.25, -0.2) is 4.98 Å². The van der Waals surface area contributed by atoms with Crippen LogP contribution in [0.15, 0.2) is 97.1 Å². The molecule has 0 aliphatic carbocycles. The molecule has 1 heterocycles. The maximum atomic E-state index is 13.2. The number of guanidine groups is 1. The molecular weight excluding hydrogens is 558 g/mol. The van der Waals surface area contributed by atoms with Crippen LogP contribution in [0.25, 0.3) is 22.4 Å². The number of amides is 2. The van der Waals surface area contributed by atoms with Crippen molar-refractivity contribution in [1.29, 1.82) is 5.41 Å². The second kappa shape index (κ2) is 13.4. The summed E-state index contributed by atoms with van der Waals surface area (Å²) in [4.78, 5) is 31.0. The second-order valence-electron chi connectivity index (χ2n) is 10.0. The Hall–Kier alpha value is -5.84. The number of aromatic nitrogens is 2. The number of benzene rings is 4. The molecule has 0 radical (unpaired) electrons. The van der Waals surface area contributed by atoms with E-state index in [1.54, 1.807) is 54.1 Å². The van der Waals surface area contributed by atoms with E-state index in [4.69, 9.17) is 31.3 Å². The van der Waals surface area contributed by atoms with Crippen LogP contribution in [0.5, 0.6) is 17.2 Å². The van der Waals surface area contributed by atoms with Crippen molar-refractivity contribution in [2.45, 2.75) is 18.9 Å². The van der Waals surface area contributed by atoms with E-state index in [0.29, 0.717) is 70.3 Å². The van der Waals surface area contributed by atoms with E-state index in [1.807, 2.05) is 54.6 Å². The van der Waals surface area contributed by atoms with Gasteiger partial charge in [0.05, 0.1) is 18.1 Å². The Kier molecular flexibility index (Phi) is 9.05. The summed E-state index contributed by atoms with van der Waals surface area (Å²) in [6, 6.07) is 28.3. The van der Waals surface area contributed by atoms with Gasteiger partial charge in [0.2, 0.25) is 5.91 Å². The van der Waals surface area contributed by atoms with E-state index >= 15 is 0 Å². The van der Waals surface area contributed by atoms with Gasteiger partial charge in [-0.3, -0.25) is 15.0 Å². The Morgan fingerprint density at radius 2 is 1.66 bits per heavy atom. The molecule has 0 bridgehead atoms. The van der Waals surface area contributed by atoms with Gasteiger partial charge in [0.1, 0.15) is 29.1 Å². The van der Waals surface area contributed by atoms with E-state index in [1.165, 1.54) is 0 Å². The van der Waals surface area contributed by atoms with Crippen LogP contribution in [0.1, 0.15) is 29.2 Å². The van der Waals surface area contributed by atoms with Gasteiger partial charge in [-0.1, -0.05) is 36.4 Å².